The zero-order valence-electron chi connectivity index (χ0n) is 14.4. The lowest BCUT2D eigenvalue weighted by molar-refractivity contribution is 0.496. The van der Waals surface area contributed by atoms with Gasteiger partial charge in [-0.15, -0.1) is 0 Å². The summed E-state index contributed by atoms with van der Waals surface area (Å²) in [5.74, 6) is 0. The summed E-state index contributed by atoms with van der Waals surface area (Å²) in [7, 11) is -3.31. The second kappa shape index (κ2) is 6.94. The van der Waals surface area contributed by atoms with Crippen LogP contribution in [0.15, 0.2) is 41.3 Å². The van der Waals surface area contributed by atoms with Crippen molar-refractivity contribution < 1.29 is 8.42 Å². The molecule has 0 saturated carbocycles. The molecule has 2 fully saturated rings. The number of benzene rings is 2. The highest BCUT2D eigenvalue weighted by Crippen LogP contribution is 2.34. The maximum atomic E-state index is 13.2. The Morgan fingerprint density at radius 3 is 2.20 bits per heavy atom. The van der Waals surface area contributed by atoms with Crippen LogP contribution in [-0.4, -0.2) is 52.9 Å². The number of anilines is 1. The largest absolute Gasteiger partial charge is 0.368 e. The van der Waals surface area contributed by atoms with Gasteiger partial charge in [0.05, 0.1) is 10.1 Å². The molecule has 2 aromatic carbocycles. The van der Waals surface area contributed by atoms with E-state index in [2.05, 4.69) is 15.5 Å². The lowest BCUT2D eigenvalue weighted by Gasteiger charge is -2.31. The predicted octanol–water partition coefficient (Wildman–Crippen LogP) is 1.78. The summed E-state index contributed by atoms with van der Waals surface area (Å²) in [5, 5.41) is 8.24. The van der Waals surface area contributed by atoms with Gasteiger partial charge in [0.15, 0.2) is 9.84 Å². The van der Waals surface area contributed by atoms with Crippen LogP contribution in [0.3, 0.4) is 0 Å². The second-order valence-corrected chi connectivity index (χ2v) is 9.06. The summed E-state index contributed by atoms with van der Waals surface area (Å²) in [6.07, 6.45) is 1.38. The maximum absolute atomic E-state index is 13.2. The van der Waals surface area contributed by atoms with Crippen molar-refractivity contribution in [3.8, 4) is 0 Å². The van der Waals surface area contributed by atoms with E-state index in [0.29, 0.717) is 17.7 Å². The van der Waals surface area contributed by atoms with Gasteiger partial charge >= 0.3 is 0 Å². The molecule has 0 aliphatic carbocycles. The third-order valence-corrected chi connectivity index (χ3v) is 7.67. The van der Waals surface area contributed by atoms with Gasteiger partial charge in [-0.3, -0.25) is 0 Å². The molecule has 0 radical (unpaired) electrons. The Bertz CT molecular complexity index is 854. The van der Waals surface area contributed by atoms with Crippen LogP contribution in [0.5, 0.6) is 0 Å². The summed E-state index contributed by atoms with van der Waals surface area (Å²) in [6, 6.07) is 11.8. The van der Waals surface area contributed by atoms with E-state index in [-0.39, 0.29) is 5.25 Å². The van der Waals surface area contributed by atoms with Crippen LogP contribution in [0.25, 0.3) is 10.8 Å². The Labute approximate surface area is 149 Å². The Kier molecular flexibility index (Phi) is 4.67. The van der Waals surface area contributed by atoms with Crippen molar-refractivity contribution in [3.05, 3.63) is 36.4 Å². The molecule has 5 nitrogen and oxygen atoms in total. The minimum atomic E-state index is -3.31. The molecule has 0 bridgehead atoms. The molecule has 0 amide bonds. The van der Waals surface area contributed by atoms with E-state index in [1.807, 2.05) is 36.4 Å². The van der Waals surface area contributed by atoms with E-state index in [0.717, 1.165) is 55.7 Å². The number of nitrogens with zero attached hydrogens (tertiary/aromatic N) is 1. The van der Waals surface area contributed by atoms with Crippen molar-refractivity contribution in [2.75, 3.05) is 44.2 Å². The van der Waals surface area contributed by atoms with Gasteiger partial charge in [0.1, 0.15) is 0 Å². The van der Waals surface area contributed by atoms with Crippen LogP contribution < -0.4 is 15.5 Å². The monoisotopic (exact) mass is 359 g/mol. The summed E-state index contributed by atoms with van der Waals surface area (Å²) in [6.45, 7) is 5.38. The number of sulfone groups is 1. The highest BCUT2D eigenvalue weighted by molar-refractivity contribution is 7.92. The van der Waals surface area contributed by atoms with Gasteiger partial charge in [0, 0.05) is 42.6 Å². The van der Waals surface area contributed by atoms with Crippen molar-refractivity contribution in [1.29, 1.82) is 0 Å². The summed E-state index contributed by atoms with van der Waals surface area (Å²) < 4.78 is 26.5. The topological polar surface area (TPSA) is 61.4 Å². The molecule has 0 spiro atoms. The predicted molar refractivity (Wildman–Crippen MR) is 102 cm³/mol. The third kappa shape index (κ3) is 3.14. The first-order valence-electron chi connectivity index (χ1n) is 9.10. The SMILES string of the molecule is O=S(=O)(c1ccc(N2CCNCC2)c2ccccc12)C1CCNCC1. The van der Waals surface area contributed by atoms with Crippen molar-refractivity contribution in [2.24, 2.45) is 0 Å². The first kappa shape index (κ1) is 16.8. The lowest BCUT2D eigenvalue weighted by atomic mass is 10.1. The normalized spacial score (nSPS) is 20.1. The lowest BCUT2D eigenvalue weighted by Crippen LogP contribution is -2.43. The number of piperidine rings is 1. The number of hydrogen-bond acceptors (Lipinski definition) is 5. The van der Waals surface area contributed by atoms with Crippen LogP contribution in [0.4, 0.5) is 5.69 Å². The fourth-order valence-corrected chi connectivity index (χ4v) is 5.93. The molecule has 134 valence electrons. The molecule has 0 atom stereocenters. The van der Waals surface area contributed by atoms with Gasteiger partial charge < -0.3 is 15.5 Å². The van der Waals surface area contributed by atoms with E-state index >= 15 is 0 Å². The second-order valence-electron chi connectivity index (χ2n) is 6.86. The highest BCUT2D eigenvalue weighted by Gasteiger charge is 2.30. The molecule has 2 saturated heterocycles. The molecular formula is C19H25N3O2S. The fourth-order valence-electron chi connectivity index (χ4n) is 3.97. The van der Waals surface area contributed by atoms with Gasteiger partial charge in [0.2, 0.25) is 0 Å². The Hall–Kier alpha value is -1.63. The zero-order valence-corrected chi connectivity index (χ0v) is 15.2. The standard InChI is InChI=1S/C19H25N3O2S/c23-25(24,15-7-9-20-10-8-15)19-6-5-18(22-13-11-21-12-14-22)16-3-1-2-4-17(16)19/h1-6,15,20-21H,7-14H2. The highest BCUT2D eigenvalue weighted by atomic mass is 32.2. The van der Waals surface area contributed by atoms with Crippen LogP contribution in [0.1, 0.15) is 12.8 Å². The summed E-state index contributed by atoms with van der Waals surface area (Å²) >= 11 is 0. The number of hydrogen-bond donors (Lipinski definition) is 2. The Morgan fingerprint density at radius 1 is 0.840 bits per heavy atom. The first-order valence-corrected chi connectivity index (χ1v) is 10.6. The Balaban J connectivity index is 1.80. The molecule has 25 heavy (non-hydrogen) atoms. The quantitative estimate of drug-likeness (QED) is 0.875. The number of fused-ring (bicyclic) bond motifs is 1. The smallest absolute Gasteiger partial charge is 0.181 e. The Morgan fingerprint density at radius 2 is 1.48 bits per heavy atom. The number of rotatable bonds is 3. The molecule has 0 aromatic heterocycles. The van der Waals surface area contributed by atoms with Gasteiger partial charge in [-0.25, -0.2) is 8.42 Å². The first-order chi connectivity index (χ1) is 12.2. The fraction of sp³-hybridized carbons (Fsp3) is 0.474. The van der Waals surface area contributed by atoms with E-state index < -0.39 is 9.84 Å². The number of piperazine rings is 1. The molecule has 2 aliphatic rings. The average Bonchev–Trinajstić information content (AvgIpc) is 2.68. The van der Waals surface area contributed by atoms with Crippen molar-refractivity contribution in [3.63, 3.8) is 0 Å². The third-order valence-electron chi connectivity index (χ3n) is 5.35. The minimum Gasteiger partial charge on any atom is -0.368 e. The van der Waals surface area contributed by atoms with Crippen LogP contribution in [0.2, 0.25) is 0 Å². The van der Waals surface area contributed by atoms with Gasteiger partial charge in [-0.1, -0.05) is 24.3 Å². The summed E-state index contributed by atoms with van der Waals surface area (Å²) in [4.78, 5) is 2.84. The molecule has 2 N–H and O–H groups in total. The molecular weight excluding hydrogens is 334 g/mol. The van der Waals surface area contributed by atoms with E-state index in [1.165, 1.54) is 0 Å². The van der Waals surface area contributed by atoms with E-state index in [9.17, 15) is 8.42 Å². The van der Waals surface area contributed by atoms with Gasteiger partial charge in [0.25, 0.3) is 0 Å². The van der Waals surface area contributed by atoms with Gasteiger partial charge in [-0.2, -0.15) is 0 Å². The van der Waals surface area contributed by atoms with Crippen LogP contribution >= 0.6 is 0 Å². The van der Waals surface area contributed by atoms with Gasteiger partial charge in [-0.05, 0) is 38.1 Å². The van der Waals surface area contributed by atoms with Crippen molar-refractivity contribution in [1.82, 2.24) is 10.6 Å². The molecule has 2 aromatic rings. The minimum absolute atomic E-state index is 0.276. The molecule has 6 heteroatoms. The van der Waals surface area contributed by atoms with Crippen LogP contribution in [0, 0.1) is 0 Å². The molecule has 4 rings (SSSR count). The average molecular weight is 359 g/mol. The molecule has 2 aliphatic heterocycles. The van der Waals surface area contributed by atoms with Crippen molar-refractivity contribution >= 4 is 26.3 Å². The van der Waals surface area contributed by atoms with E-state index in [1.54, 1.807) is 0 Å². The number of nitrogens with one attached hydrogen (secondary N) is 2. The van der Waals surface area contributed by atoms with Crippen molar-refractivity contribution in [2.45, 2.75) is 23.0 Å². The molecule has 2 heterocycles. The van der Waals surface area contributed by atoms with E-state index in [4.69, 9.17) is 0 Å². The summed E-state index contributed by atoms with van der Waals surface area (Å²) in [5.41, 5.74) is 1.14. The zero-order chi connectivity index (χ0) is 17.3. The molecule has 0 unspecified atom stereocenters. The van der Waals surface area contributed by atoms with Crippen LogP contribution in [-0.2, 0) is 9.84 Å². The maximum Gasteiger partial charge on any atom is 0.181 e.